The molecule has 32 heavy (non-hydrogen) atoms. The van der Waals surface area contributed by atoms with E-state index in [0.717, 1.165) is 32.4 Å². The summed E-state index contributed by atoms with van der Waals surface area (Å²) in [5, 5.41) is 3.16. The summed E-state index contributed by atoms with van der Waals surface area (Å²) in [6, 6.07) is 8.00. The molecule has 2 aliphatic rings. The van der Waals surface area contributed by atoms with Crippen LogP contribution in [-0.2, 0) is 9.47 Å². The number of morpholine rings is 2. The number of aldehydes is 2. The number of carbonyl (C=O) groups is 2. The number of carbonyl (C=O) groups excluding carboxylic acids is 2. The predicted octanol–water partition coefficient (Wildman–Crippen LogP) is 3.49. The molecule has 2 aromatic rings. The van der Waals surface area contributed by atoms with Crippen molar-refractivity contribution in [1.82, 2.24) is 5.32 Å². The summed E-state index contributed by atoms with van der Waals surface area (Å²) in [6.07, 6.45) is 0.965. The Hall–Kier alpha value is -2.75. The third-order valence-corrected chi connectivity index (χ3v) is 4.43. The van der Waals surface area contributed by atoms with Gasteiger partial charge in [0.05, 0.1) is 37.7 Å². The highest BCUT2D eigenvalue weighted by Gasteiger charge is 2.18. The first-order valence-electron chi connectivity index (χ1n) is 9.82. The molecule has 0 spiro atoms. The van der Waals surface area contributed by atoms with Gasteiger partial charge in [-0.05, 0) is 24.3 Å². The van der Waals surface area contributed by atoms with Crippen molar-refractivity contribution in [3.63, 3.8) is 0 Å². The molecule has 0 aliphatic carbocycles. The Balaban J connectivity index is 0.000000260. The lowest BCUT2D eigenvalue weighted by Crippen LogP contribution is -2.37. The van der Waals surface area contributed by atoms with Gasteiger partial charge in [0.15, 0.2) is 24.2 Å². The Morgan fingerprint density at radius 3 is 1.78 bits per heavy atom. The number of nitrogens with zero attached hydrogens (tertiary/aromatic N) is 1. The maximum absolute atomic E-state index is 13.6. The van der Waals surface area contributed by atoms with Crippen molar-refractivity contribution >= 4 is 18.3 Å². The molecule has 2 aliphatic heterocycles. The normalized spacial score (nSPS) is 15.2. The van der Waals surface area contributed by atoms with Crippen molar-refractivity contribution in [2.75, 3.05) is 57.5 Å². The number of hydrogen-bond acceptors (Lipinski definition) is 6. The molecular weight excluding hydrogens is 425 g/mol. The van der Waals surface area contributed by atoms with Crippen molar-refractivity contribution < 1.29 is 32.2 Å². The van der Waals surface area contributed by atoms with Gasteiger partial charge in [-0.3, -0.25) is 9.59 Å². The van der Waals surface area contributed by atoms with Crippen molar-refractivity contribution in [3.8, 4) is 0 Å². The van der Waals surface area contributed by atoms with Crippen molar-refractivity contribution in [2.45, 2.75) is 7.43 Å². The van der Waals surface area contributed by atoms with Crippen LogP contribution >= 0.6 is 0 Å². The number of benzene rings is 2. The molecule has 0 atom stereocenters. The monoisotopic (exact) mass is 454 g/mol. The lowest BCUT2D eigenvalue weighted by atomic mass is 10.1. The van der Waals surface area contributed by atoms with Crippen LogP contribution in [0, 0.1) is 17.5 Å². The highest BCUT2D eigenvalue weighted by atomic mass is 19.2. The molecule has 6 nitrogen and oxygen atoms in total. The van der Waals surface area contributed by atoms with Crippen LogP contribution in [0.1, 0.15) is 28.1 Å². The van der Waals surface area contributed by atoms with Gasteiger partial charge >= 0.3 is 0 Å². The molecule has 2 heterocycles. The Morgan fingerprint density at radius 2 is 1.31 bits per heavy atom. The van der Waals surface area contributed by atoms with E-state index in [0.29, 0.717) is 43.8 Å². The van der Waals surface area contributed by atoms with Gasteiger partial charge < -0.3 is 19.7 Å². The highest BCUT2D eigenvalue weighted by Crippen LogP contribution is 2.23. The molecule has 2 saturated heterocycles. The van der Waals surface area contributed by atoms with E-state index in [-0.39, 0.29) is 25.1 Å². The standard InChI is InChI=1S/C11H12FNO2.C7H4F2O.C4H9NO.CH4/c12-10-3-1-2-9(8-14)11(10)13-4-6-15-7-5-13;8-6-3-1-2-5(4-10)7(6)9;1-3-6-4-2-5-1;/h1-3,8H,4-7H2;1-4H;5H,1-4H2;1H4. The topological polar surface area (TPSA) is 67.9 Å². The van der Waals surface area contributed by atoms with Crippen LogP contribution in [0.5, 0.6) is 0 Å². The molecule has 0 bridgehead atoms. The van der Waals surface area contributed by atoms with Gasteiger partial charge in [-0.2, -0.15) is 0 Å². The summed E-state index contributed by atoms with van der Waals surface area (Å²) in [5.41, 5.74) is 0.549. The third kappa shape index (κ3) is 8.41. The van der Waals surface area contributed by atoms with Crippen LogP contribution in [0.25, 0.3) is 0 Å². The first kappa shape index (κ1) is 27.3. The van der Waals surface area contributed by atoms with Gasteiger partial charge in [-0.25, -0.2) is 13.2 Å². The molecular formula is C23H29F3N2O4. The summed E-state index contributed by atoms with van der Waals surface area (Å²) in [4.78, 5) is 22.6. The van der Waals surface area contributed by atoms with Crippen LogP contribution in [-0.4, -0.2) is 65.2 Å². The van der Waals surface area contributed by atoms with Crippen LogP contribution in [0.3, 0.4) is 0 Å². The Bertz CT molecular complexity index is 830. The van der Waals surface area contributed by atoms with E-state index in [1.165, 1.54) is 18.2 Å². The molecule has 4 rings (SSSR count). The van der Waals surface area contributed by atoms with Gasteiger partial charge in [0, 0.05) is 31.7 Å². The maximum Gasteiger partial charge on any atom is 0.169 e. The van der Waals surface area contributed by atoms with Gasteiger partial charge in [-0.15, -0.1) is 0 Å². The number of hydrogen-bond donors (Lipinski definition) is 1. The van der Waals surface area contributed by atoms with Crippen LogP contribution in [0.4, 0.5) is 18.9 Å². The minimum atomic E-state index is -1.09. The van der Waals surface area contributed by atoms with Crippen LogP contribution in [0.2, 0.25) is 0 Å². The van der Waals surface area contributed by atoms with E-state index in [2.05, 4.69) is 5.32 Å². The van der Waals surface area contributed by atoms with Crippen molar-refractivity contribution in [1.29, 1.82) is 0 Å². The second-order valence-corrected chi connectivity index (χ2v) is 6.52. The average Bonchev–Trinajstić information content (AvgIpc) is 2.83. The van der Waals surface area contributed by atoms with Gasteiger partial charge in [0.2, 0.25) is 0 Å². The summed E-state index contributed by atoms with van der Waals surface area (Å²) in [6.45, 7) is 6.24. The molecule has 176 valence electrons. The number of anilines is 1. The molecule has 0 unspecified atom stereocenters. The first-order valence-corrected chi connectivity index (χ1v) is 9.82. The number of halogens is 3. The Kier molecular flexibility index (Phi) is 12.9. The summed E-state index contributed by atoms with van der Waals surface area (Å²) < 4.78 is 48.4. The fraction of sp³-hybridized carbons (Fsp3) is 0.391. The zero-order valence-electron chi connectivity index (χ0n) is 17.0. The van der Waals surface area contributed by atoms with Crippen LogP contribution in [0.15, 0.2) is 36.4 Å². The lowest BCUT2D eigenvalue weighted by Gasteiger charge is -2.29. The third-order valence-electron chi connectivity index (χ3n) is 4.43. The van der Waals surface area contributed by atoms with E-state index in [4.69, 9.17) is 9.47 Å². The second-order valence-electron chi connectivity index (χ2n) is 6.52. The average molecular weight is 454 g/mol. The molecule has 0 aromatic heterocycles. The van der Waals surface area contributed by atoms with E-state index >= 15 is 0 Å². The number of nitrogens with one attached hydrogen (secondary N) is 1. The fourth-order valence-corrected chi connectivity index (χ4v) is 2.87. The predicted molar refractivity (Wildman–Crippen MR) is 117 cm³/mol. The van der Waals surface area contributed by atoms with Gasteiger partial charge in [0.1, 0.15) is 5.82 Å². The van der Waals surface area contributed by atoms with E-state index in [1.807, 2.05) is 4.90 Å². The minimum Gasteiger partial charge on any atom is -0.379 e. The van der Waals surface area contributed by atoms with E-state index in [1.54, 1.807) is 12.1 Å². The zero-order valence-corrected chi connectivity index (χ0v) is 17.0. The lowest BCUT2D eigenvalue weighted by molar-refractivity contribution is 0.109. The number of ether oxygens (including phenoxy) is 2. The SMILES string of the molecule is C.C1COCCN1.O=Cc1cccc(F)c1F.O=Cc1cccc(F)c1N1CCOCC1. The molecule has 0 radical (unpaired) electrons. The second kappa shape index (κ2) is 15.1. The van der Waals surface area contributed by atoms with Gasteiger partial charge in [0.25, 0.3) is 0 Å². The largest absolute Gasteiger partial charge is 0.379 e. The fourth-order valence-electron chi connectivity index (χ4n) is 2.87. The smallest absolute Gasteiger partial charge is 0.169 e. The molecule has 0 amide bonds. The first-order chi connectivity index (χ1) is 15.1. The molecule has 2 fully saturated rings. The van der Waals surface area contributed by atoms with E-state index in [9.17, 15) is 22.8 Å². The molecule has 9 heteroatoms. The number of rotatable bonds is 3. The quantitative estimate of drug-likeness (QED) is 0.717. The number of para-hydroxylation sites is 1. The molecule has 2 aromatic carbocycles. The Labute approximate surface area is 186 Å². The summed E-state index contributed by atoms with van der Waals surface area (Å²) in [5.74, 6) is -2.43. The Morgan fingerprint density at radius 1 is 0.781 bits per heavy atom. The molecule has 0 saturated carbocycles. The molecule has 1 N–H and O–H groups in total. The van der Waals surface area contributed by atoms with Crippen LogP contribution < -0.4 is 10.2 Å². The van der Waals surface area contributed by atoms with Gasteiger partial charge in [-0.1, -0.05) is 19.6 Å². The van der Waals surface area contributed by atoms with Crippen molar-refractivity contribution in [2.24, 2.45) is 0 Å². The highest BCUT2D eigenvalue weighted by molar-refractivity contribution is 5.84. The summed E-state index contributed by atoms with van der Waals surface area (Å²) in [7, 11) is 0. The van der Waals surface area contributed by atoms with E-state index < -0.39 is 11.6 Å². The van der Waals surface area contributed by atoms with Crippen molar-refractivity contribution in [3.05, 3.63) is 65.0 Å². The minimum absolute atomic E-state index is 0. The maximum atomic E-state index is 13.6. The summed E-state index contributed by atoms with van der Waals surface area (Å²) >= 11 is 0. The zero-order chi connectivity index (χ0) is 22.5.